The lowest BCUT2D eigenvalue weighted by atomic mass is 9.98. The summed E-state index contributed by atoms with van der Waals surface area (Å²) >= 11 is 0. The van der Waals surface area contributed by atoms with Gasteiger partial charge in [0.1, 0.15) is 0 Å². The minimum Gasteiger partial charge on any atom is -0.394 e. The SMILES string of the molecule is CCCCCCC(C)CCCOCCOCCOCCOCCOCCO. The molecule has 0 aliphatic carbocycles. The fourth-order valence-corrected chi connectivity index (χ4v) is 2.64. The summed E-state index contributed by atoms with van der Waals surface area (Å²) in [5.74, 6) is 0.816. The van der Waals surface area contributed by atoms with Crippen molar-refractivity contribution in [3.63, 3.8) is 0 Å². The Kier molecular flexibility index (Phi) is 23.6. The van der Waals surface area contributed by atoms with E-state index in [1.54, 1.807) is 0 Å². The van der Waals surface area contributed by atoms with E-state index in [-0.39, 0.29) is 6.61 Å². The topological polar surface area (TPSA) is 66.4 Å². The van der Waals surface area contributed by atoms with Crippen molar-refractivity contribution < 1.29 is 28.8 Å². The summed E-state index contributed by atoms with van der Waals surface area (Å²) in [6.45, 7) is 10.4. The molecule has 164 valence electrons. The van der Waals surface area contributed by atoms with E-state index >= 15 is 0 Å². The largest absolute Gasteiger partial charge is 0.394 e. The first-order valence-corrected chi connectivity index (χ1v) is 10.8. The molecule has 0 heterocycles. The maximum atomic E-state index is 8.54. The van der Waals surface area contributed by atoms with Gasteiger partial charge in [-0.15, -0.1) is 0 Å². The average Bonchev–Trinajstić information content (AvgIpc) is 2.67. The van der Waals surface area contributed by atoms with Crippen molar-refractivity contribution in [2.24, 2.45) is 5.92 Å². The van der Waals surface area contributed by atoms with Crippen molar-refractivity contribution >= 4 is 0 Å². The predicted molar refractivity (Wildman–Crippen MR) is 108 cm³/mol. The molecule has 0 aliphatic rings. The molecule has 0 amide bonds. The second-order valence-corrected chi connectivity index (χ2v) is 6.88. The second kappa shape index (κ2) is 23.8. The molecule has 6 heteroatoms. The Balaban J connectivity index is 3.06. The first-order valence-electron chi connectivity index (χ1n) is 10.8. The molecular weight excluding hydrogens is 348 g/mol. The summed E-state index contributed by atoms with van der Waals surface area (Å²) in [4.78, 5) is 0. The van der Waals surface area contributed by atoms with E-state index in [9.17, 15) is 0 Å². The highest BCUT2D eigenvalue weighted by Crippen LogP contribution is 2.15. The van der Waals surface area contributed by atoms with E-state index in [0.29, 0.717) is 59.5 Å². The number of hydrogen-bond acceptors (Lipinski definition) is 6. The van der Waals surface area contributed by atoms with Crippen molar-refractivity contribution in [3.05, 3.63) is 0 Å². The summed E-state index contributed by atoms with van der Waals surface area (Å²) < 4.78 is 26.9. The number of unbranched alkanes of at least 4 members (excludes halogenated alkanes) is 3. The molecule has 6 nitrogen and oxygen atoms in total. The van der Waals surface area contributed by atoms with Gasteiger partial charge in [-0.25, -0.2) is 0 Å². The Morgan fingerprint density at radius 2 is 1.00 bits per heavy atom. The first-order chi connectivity index (χ1) is 13.3. The highest BCUT2D eigenvalue weighted by atomic mass is 16.6. The zero-order chi connectivity index (χ0) is 19.8. The summed E-state index contributed by atoms with van der Waals surface area (Å²) in [6, 6.07) is 0. The minimum atomic E-state index is 0.0482. The van der Waals surface area contributed by atoms with Crippen LogP contribution in [0.3, 0.4) is 0 Å². The quantitative estimate of drug-likeness (QED) is 0.269. The molecule has 0 rings (SSSR count). The number of rotatable bonds is 23. The van der Waals surface area contributed by atoms with Crippen LogP contribution in [0.4, 0.5) is 0 Å². The lowest BCUT2D eigenvalue weighted by Crippen LogP contribution is -2.13. The Morgan fingerprint density at radius 1 is 0.556 bits per heavy atom. The van der Waals surface area contributed by atoms with Gasteiger partial charge in [-0.1, -0.05) is 46.0 Å². The van der Waals surface area contributed by atoms with Gasteiger partial charge in [0, 0.05) is 6.61 Å². The van der Waals surface area contributed by atoms with Gasteiger partial charge in [0.2, 0.25) is 0 Å². The molecule has 1 unspecified atom stereocenters. The molecule has 0 fully saturated rings. The van der Waals surface area contributed by atoms with Crippen molar-refractivity contribution in [3.8, 4) is 0 Å². The summed E-state index contributed by atoms with van der Waals surface area (Å²) in [7, 11) is 0. The highest BCUT2D eigenvalue weighted by Gasteiger charge is 2.02. The Hall–Kier alpha value is -0.240. The van der Waals surface area contributed by atoms with Crippen LogP contribution < -0.4 is 0 Å². The number of ether oxygens (including phenoxy) is 5. The average molecular weight is 393 g/mol. The van der Waals surface area contributed by atoms with Crippen molar-refractivity contribution in [1.29, 1.82) is 0 Å². The molecular formula is C21H44O6. The molecule has 1 N–H and O–H groups in total. The Morgan fingerprint density at radius 3 is 1.48 bits per heavy atom. The van der Waals surface area contributed by atoms with E-state index in [0.717, 1.165) is 18.9 Å². The second-order valence-electron chi connectivity index (χ2n) is 6.88. The fraction of sp³-hybridized carbons (Fsp3) is 1.00. The fourth-order valence-electron chi connectivity index (χ4n) is 2.64. The smallest absolute Gasteiger partial charge is 0.0701 e. The molecule has 0 saturated carbocycles. The Bertz CT molecular complexity index is 265. The van der Waals surface area contributed by atoms with Crippen LogP contribution in [0.15, 0.2) is 0 Å². The monoisotopic (exact) mass is 392 g/mol. The van der Waals surface area contributed by atoms with Gasteiger partial charge in [-0.2, -0.15) is 0 Å². The zero-order valence-electron chi connectivity index (χ0n) is 17.8. The van der Waals surface area contributed by atoms with Crippen LogP contribution in [0.1, 0.15) is 58.8 Å². The number of aliphatic hydroxyl groups is 1. The molecule has 27 heavy (non-hydrogen) atoms. The lowest BCUT2D eigenvalue weighted by molar-refractivity contribution is -0.0135. The molecule has 0 aromatic carbocycles. The molecule has 0 bridgehead atoms. The van der Waals surface area contributed by atoms with Crippen LogP contribution in [-0.4, -0.2) is 77.8 Å². The molecule has 0 radical (unpaired) electrons. The molecule has 1 atom stereocenters. The number of aliphatic hydroxyl groups excluding tert-OH is 1. The van der Waals surface area contributed by atoms with Crippen LogP contribution in [0, 0.1) is 5.92 Å². The molecule has 0 spiro atoms. The molecule has 0 saturated heterocycles. The third-order valence-electron chi connectivity index (χ3n) is 4.26. The van der Waals surface area contributed by atoms with Gasteiger partial charge in [0.15, 0.2) is 0 Å². The standard InChI is InChI=1S/C21H44O6/c1-3-4-5-6-8-21(2)9-7-11-23-13-15-25-17-19-27-20-18-26-16-14-24-12-10-22/h21-22H,3-20H2,1-2H3. The minimum absolute atomic E-state index is 0.0482. The van der Waals surface area contributed by atoms with E-state index in [4.69, 9.17) is 28.8 Å². The third kappa shape index (κ3) is 23.7. The predicted octanol–water partition coefficient (Wildman–Crippen LogP) is 3.45. The molecule has 0 aromatic rings. The van der Waals surface area contributed by atoms with E-state index in [1.807, 2.05) is 0 Å². The van der Waals surface area contributed by atoms with Crippen LogP contribution in [0.5, 0.6) is 0 Å². The lowest BCUT2D eigenvalue weighted by Gasteiger charge is -2.11. The van der Waals surface area contributed by atoms with Crippen molar-refractivity contribution in [2.75, 3.05) is 72.7 Å². The van der Waals surface area contributed by atoms with Crippen molar-refractivity contribution in [1.82, 2.24) is 0 Å². The zero-order valence-corrected chi connectivity index (χ0v) is 17.8. The van der Waals surface area contributed by atoms with Gasteiger partial charge in [0.25, 0.3) is 0 Å². The normalized spacial score (nSPS) is 12.6. The first kappa shape index (κ1) is 26.8. The Labute approximate surface area is 166 Å². The number of hydrogen-bond donors (Lipinski definition) is 1. The summed E-state index contributed by atoms with van der Waals surface area (Å²) in [5, 5.41) is 8.54. The van der Waals surface area contributed by atoms with Crippen molar-refractivity contribution in [2.45, 2.75) is 58.8 Å². The van der Waals surface area contributed by atoms with Gasteiger partial charge in [0.05, 0.1) is 66.1 Å². The van der Waals surface area contributed by atoms with Crippen LogP contribution in [0.2, 0.25) is 0 Å². The summed E-state index contributed by atoms with van der Waals surface area (Å²) in [6.07, 6.45) is 9.19. The molecule has 0 aromatic heterocycles. The molecule has 0 aliphatic heterocycles. The third-order valence-corrected chi connectivity index (χ3v) is 4.26. The highest BCUT2D eigenvalue weighted by molar-refractivity contribution is 4.54. The van der Waals surface area contributed by atoms with E-state index < -0.39 is 0 Å². The van der Waals surface area contributed by atoms with Gasteiger partial charge in [-0.05, 0) is 18.8 Å². The van der Waals surface area contributed by atoms with E-state index in [1.165, 1.54) is 38.5 Å². The van der Waals surface area contributed by atoms with Gasteiger partial charge < -0.3 is 28.8 Å². The summed E-state index contributed by atoms with van der Waals surface area (Å²) in [5.41, 5.74) is 0. The van der Waals surface area contributed by atoms with Crippen LogP contribution >= 0.6 is 0 Å². The van der Waals surface area contributed by atoms with Crippen LogP contribution in [-0.2, 0) is 23.7 Å². The maximum absolute atomic E-state index is 8.54. The van der Waals surface area contributed by atoms with E-state index in [2.05, 4.69) is 13.8 Å². The maximum Gasteiger partial charge on any atom is 0.0701 e. The van der Waals surface area contributed by atoms with Gasteiger partial charge >= 0.3 is 0 Å². The van der Waals surface area contributed by atoms with Gasteiger partial charge in [-0.3, -0.25) is 0 Å². The van der Waals surface area contributed by atoms with Crippen LogP contribution in [0.25, 0.3) is 0 Å².